The van der Waals surface area contributed by atoms with Crippen molar-refractivity contribution in [2.24, 2.45) is 5.10 Å². The van der Waals surface area contributed by atoms with Crippen LogP contribution in [-0.2, 0) is 4.79 Å². The predicted octanol–water partition coefficient (Wildman–Crippen LogP) is 2.18. The number of hydrogen-bond acceptors (Lipinski definition) is 5. The lowest BCUT2D eigenvalue weighted by atomic mass is 10.2. The van der Waals surface area contributed by atoms with Crippen LogP contribution in [0.15, 0.2) is 46.0 Å². The van der Waals surface area contributed by atoms with Crippen LogP contribution in [0.3, 0.4) is 0 Å². The Bertz CT molecular complexity index is 858. The molecule has 0 bridgehead atoms. The fourth-order valence-electron chi connectivity index (χ4n) is 1.93. The summed E-state index contributed by atoms with van der Waals surface area (Å²) in [6, 6.07) is 8.24. The van der Waals surface area contributed by atoms with E-state index in [0.717, 1.165) is 6.07 Å². The molecule has 2 aromatic rings. The number of phenols is 1. The minimum Gasteiger partial charge on any atom is -0.503 e. The molecule has 0 spiro atoms. The molecule has 0 saturated heterocycles. The molecule has 0 unspecified atom stereocenters. The van der Waals surface area contributed by atoms with Gasteiger partial charge in [0.05, 0.1) is 24.3 Å². The normalized spacial score (nSPS) is 10.6. The van der Waals surface area contributed by atoms with Crippen LogP contribution in [0.25, 0.3) is 0 Å². The van der Waals surface area contributed by atoms with Crippen molar-refractivity contribution >= 4 is 34.0 Å². The van der Waals surface area contributed by atoms with Gasteiger partial charge in [-0.05, 0) is 51.8 Å². The van der Waals surface area contributed by atoms with Crippen LogP contribution >= 0.6 is 15.9 Å². The number of methoxy groups -OCH3 is 1. The van der Waals surface area contributed by atoms with Crippen molar-refractivity contribution in [1.29, 1.82) is 0 Å². The monoisotopic (exact) mass is 423 g/mol. The molecule has 3 N–H and O–H groups in total. The smallest absolute Gasteiger partial charge is 0.259 e. The summed E-state index contributed by atoms with van der Waals surface area (Å²) in [4.78, 5) is 23.5. The van der Waals surface area contributed by atoms with Gasteiger partial charge in [0.2, 0.25) is 0 Å². The quantitative estimate of drug-likeness (QED) is 0.489. The molecule has 136 valence electrons. The zero-order chi connectivity index (χ0) is 19.1. The molecule has 0 aliphatic rings. The maximum atomic E-state index is 13.1. The Kier molecular flexibility index (Phi) is 6.67. The number of halogens is 2. The second-order valence-corrected chi connectivity index (χ2v) is 5.89. The summed E-state index contributed by atoms with van der Waals surface area (Å²) in [5.74, 6) is -1.47. The molecule has 2 amide bonds. The van der Waals surface area contributed by atoms with E-state index in [9.17, 15) is 19.1 Å². The zero-order valence-corrected chi connectivity index (χ0v) is 15.2. The molecule has 0 fully saturated rings. The summed E-state index contributed by atoms with van der Waals surface area (Å²) < 4.78 is 18.5. The minimum atomic E-state index is -0.573. The van der Waals surface area contributed by atoms with Gasteiger partial charge in [-0.1, -0.05) is 6.07 Å². The van der Waals surface area contributed by atoms with Crippen molar-refractivity contribution < 1.29 is 23.8 Å². The summed E-state index contributed by atoms with van der Waals surface area (Å²) >= 11 is 3.17. The first-order chi connectivity index (χ1) is 12.4. The number of nitrogens with one attached hydrogen (secondary N) is 2. The van der Waals surface area contributed by atoms with E-state index < -0.39 is 17.6 Å². The molecule has 0 atom stereocenters. The van der Waals surface area contributed by atoms with Crippen molar-refractivity contribution in [3.63, 3.8) is 0 Å². The molecule has 0 aromatic heterocycles. The number of rotatable bonds is 6. The maximum absolute atomic E-state index is 13.1. The van der Waals surface area contributed by atoms with E-state index in [1.54, 1.807) is 6.07 Å². The SMILES string of the molecule is COc1cc(/C=N\NC(=O)CNC(=O)c2cccc(F)c2)cc(Br)c1O. The average molecular weight is 424 g/mol. The zero-order valence-electron chi connectivity index (χ0n) is 13.6. The van der Waals surface area contributed by atoms with E-state index >= 15 is 0 Å². The van der Waals surface area contributed by atoms with Gasteiger partial charge in [-0.15, -0.1) is 0 Å². The van der Waals surface area contributed by atoms with Crippen molar-refractivity contribution in [2.45, 2.75) is 0 Å². The van der Waals surface area contributed by atoms with Crippen molar-refractivity contribution in [2.75, 3.05) is 13.7 Å². The fourth-order valence-corrected chi connectivity index (χ4v) is 2.39. The van der Waals surface area contributed by atoms with E-state index in [0.29, 0.717) is 10.0 Å². The van der Waals surface area contributed by atoms with Crippen LogP contribution in [0, 0.1) is 5.82 Å². The summed E-state index contributed by atoms with van der Waals surface area (Å²) in [5.41, 5.74) is 2.92. The number of benzene rings is 2. The third-order valence-electron chi connectivity index (χ3n) is 3.17. The number of carbonyl (C=O) groups is 2. The molecular weight excluding hydrogens is 409 g/mol. The summed E-state index contributed by atoms with van der Waals surface area (Å²) in [6.07, 6.45) is 1.35. The largest absolute Gasteiger partial charge is 0.503 e. The Morgan fingerprint density at radius 1 is 1.35 bits per heavy atom. The Labute approximate surface area is 157 Å². The number of nitrogens with zero attached hydrogens (tertiary/aromatic N) is 1. The number of amides is 2. The van der Waals surface area contributed by atoms with Crippen LogP contribution < -0.4 is 15.5 Å². The number of hydrazone groups is 1. The minimum absolute atomic E-state index is 0.0475. The Morgan fingerprint density at radius 3 is 2.81 bits per heavy atom. The van der Waals surface area contributed by atoms with Gasteiger partial charge in [-0.25, -0.2) is 9.82 Å². The number of hydrogen-bond donors (Lipinski definition) is 3. The van der Waals surface area contributed by atoms with Gasteiger partial charge in [0.25, 0.3) is 11.8 Å². The Hall–Kier alpha value is -2.94. The van der Waals surface area contributed by atoms with Gasteiger partial charge in [0, 0.05) is 5.56 Å². The highest BCUT2D eigenvalue weighted by atomic mass is 79.9. The summed E-state index contributed by atoms with van der Waals surface area (Å²) in [7, 11) is 1.41. The van der Waals surface area contributed by atoms with E-state index in [-0.39, 0.29) is 23.6 Å². The molecule has 9 heteroatoms. The van der Waals surface area contributed by atoms with Gasteiger partial charge in [-0.3, -0.25) is 9.59 Å². The molecule has 0 heterocycles. The average Bonchev–Trinajstić information content (AvgIpc) is 2.62. The van der Waals surface area contributed by atoms with Crippen molar-refractivity contribution in [1.82, 2.24) is 10.7 Å². The third kappa shape index (κ3) is 5.28. The highest BCUT2D eigenvalue weighted by Gasteiger charge is 2.09. The van der Waals surface area contributed by atoms with Crippen LogP contribution in [0.5, 0.6) is 11.5 Å². The lowest BCUT2D eigenvalue weighted by Crippen LogP contribution is -2.34. The van der Waals surface area contributed by atoms with Crippen molar-refractivity contribution in [3.8, 4) is 11.5 Å². The van der Waals surface area contributed by atoms with Crippen LogP contribution in [-0.4, -0.2) is 36.8 Å². The van der Waals surface area contributed by atoms with E-state index in [4.69, 9.17) is 4.74 Å². The first-order valence-corrected chi connectivity index (χ1v) is 8.12. The second kappa shape index (κ2) is 8.95. The molecule has 2 rings (SSSR count). The Balaban J connectivity index is 1.88. The van der Waals surface area contributed by atoms with Crippen LogP contribution in [0.2, 0.25) is 0 Å². The predicted molar refractivity (Wildman–Crippen MR) is 96.8 cm³/mol. The number of aromatic hydroxyl groups is 1. The molecule has 0 saturated carbocycles. The molecule has 0 aliphatic heterocycles. The summed E-state index contributed by atoms with van der Waals surface area (Å²) in [6.45, 7) is -0.324. The maximum Gasteiger partial charge on any atom is 0.259 e. The lowest BCUT2D eigenvalue weighted by Gasteiger charge is -2.06. The highest BCUT2D eigenvalue weighted by Crippen LogP contribution is 2.34. The van der Waals surface area contributed by atoms with Gasteiger partial charge in [0.1, 0.15) is 5.82 Å². The molecular formula is C17H15BrFN3O4. The number of phenolic OH excluding ortho intramolecular Hbond substituents is 1. The fraction of sp³-hybridized carbons (Fsp3) is 0.118. The van der Waals surface area contributed by atoms with E-state index in [1.165, 1.54) is 37.6 Å². The second-order valence-electron chi connectivity index (χ2n) is 5.04. The Morgan fingerprint density at radius 2 is 2.12 bits per heavy atom. The molecule has 0 aliphatic carbocycles. The first-order valence-electron chi connectivity index (χ1n) is 7.33. The molecule has 7 nitrogen and oxygen atoms in total. The van der Waals surface area contributed by atoms with Gasteiger partial charge < -0.3 is 15.2 Å². The highest BCUT2D eigenvalue weighted by molar-refractivity contribution is 9.10. The topological polar surface area (TPSA) is 100 Å². The van der Waals surface area contributed by atoms with Gasteiger partial charge in [0.15, 0.2) is 11.5 Å². The number of carbonyl (C=O) groups excluding carboxylic acids is 2. The third-order valence-corrected chi connectivity index (χ3v) is 3.77. The van der Waals surface area contributed by atoms with Crippen LogP contribution in [0.4, 0.5) is 4.39 Å². The van der Waals surface area contributed by atoms with Gasteiger partial charge >= 0.3 is 0 Å². The molecule has 0 radical (unpaired) electrons. The standard InChI is InChI=1S/C17H15BrFN3O4/c1-26-14-6-10(5-13(18)16(14)24)8-21-22-15(23)9-20-17(25)11-3-2-4-12(19)7-11/h2-8,24H,9H2,1H3,(H,20,25)(H,22,23)/b21-8-. The van der Waals surface area contributed by atoms with E-state index in [2.05, 4.69) is 31.8 Å². The van der Waals surface area contributed by atoms with Crippen molar-refractivity contribution in [3.05, 3.63) is 57.8 Å². The summed E-state index contributed by atoms with van der Waals surface area (Å²) in [5, 5.41) is 15.8. The van der Waals surface area contributed by atoms with Crippen LogP contribution in [0.1, 0.15) is 15.9 Å². The lowest BCUT2D eigenvalue weighted by molar-refractivity contribution is -0.120. The molecule has 26 heavy (non-hydrogen) atoms. The van der Waals surface area contributed by atoms with Gasteiger partial charge in [-0.2, -0.15) is 5.10 Å². The van der Waals surface area contributed by atoms with E-state index in [1.807, 2.05) is 0 Å². The first kappa shape index (κ1) is 19.4. The molecule has 2 aromatic carbocycles. The number of ether oxygens (including phenoxy) is 1.